The zero-order valence-electron chi connectivity index (χ0n) is 21.1. The van der Waals surface area contributed by atoms with Gasteiger partial charge in [-0.25, -0.2) is 9.68 Å². The zero-order valence-corrected chi connectivity index (χ0v) is 21.1. The first kappa shape index (κ1) is 31.0. The molecule has 0 bridgehead atoms. The number of unbranched alkanes of at least 4 members (excludes halogenated alkanes) is 11. The van der Waals surface area contributed by atoms with Gasteiger partial charge in [0.1, 0.15) is 0 Å². The Morgan fingerprint density at radius 2 is 1.19 bits per heavy atom. The number of hydroxylamine groups is 2. The molecule has 0 saturated heterocycles. The Morgan fingerprint density at radius 3 is 1.66 bits per heavy atom. The van der Waals surface area contributed by atoms with Gasteiger partial charge < -0.3 is 10.2 Å². The van der Waals surface area contributed by atoms with Crippen molar-refractivity contribution in [2.24, 2.45) is 0 Å². The quantitative estimate of drug-likeness (QED) is 0.108. The second kappa shape index (κ2) is 23.2. The van der Waals surface area contributed by atoms with Crippen LogP contribution in [-0.2, 0) is 14.5 Å². The highest BCUT2D eigenvalue weighted by Crippen LogP contribution is 2.13. The van der Waals surface area contributed by atoms with Crippen LogP contribution in [-0.4, -0.2) is 46.8 Å². The molecule has 0 aliphatic rings. The summed E-state index contributed by atoms with van der Waals surface area (Å²) in [5.41, 5.74) is 0. The first-order valence-electron chi connectivity index (χ1n) is 13.1. The van der Waals surface area contributed by atoms with Crippen molar-refractivity contribution in [3.8, 4) is 0 Å². The molecule has 0 fully saturated rings. The summed E-state index contributed by atoms with van der Waals surface area (Å²) in [6.07, 6.45) is 21.1. The van der Waals surface area contributed by atoms with Crippen molar-refractivity contribution in [1.82, 2.24) is 5.23 Å². The van der Waals surface area contributed by atoms with Gasteiger partial charge in [-0.05, 0) is 58.8 Å². The van der Waals surface area contributed by atoms with Gasteiger partial charge in [-0.3, -0.25) is 4.79 Å². The molecule has 6 nitrogen and oxygen atoms in total. The van der Waals surface area contributed by atoms with Crippen LogP contribution in [0, 0.1) is 0 Å². The standard InChI is InChI=1S/C26H51NO5/c1-4-5-6-7-8-9-10-11-12-13-14-15-16-17-18-19-26(30)27(31-24(2)20-22-28)32-25(3)21-23-29/h11-12,24-25,28-29H,4-10,13-23H2,1-3H3. The molecule has 0 aromatic rings. The fraction of sp³-hybridized carbons (Fsp3) is 0.885. The van der Waals surface area contributed by atoms with Gasteiger partial charge in [0.05, 0.1) is 12.2 Å². The number of hydrogen-bond donors (Lipinski definition) is 2. The summed E-state index contributed by atoms with van der Waals surface area (Å²) in [5.74, 6) is -0.211. The van der Waals surface area contributed by atoms with E-state index in [9.17, 15) is 4.79 Å². The van der Waals surface area contributed by atoms with Crippen molar-refractivity contribution in [2.75, 3.05) is 13.2 Å². The Bertz CT molecular complexity index is 430. The molecule has 0 saturated carbocycles. The van der Waals surface area contributed by atoms with Crippen LogP contribution in [0.25, 0.3) is 0 Å². The normalized spacial score (nSPS) is 13.5. The first-order chi connectivity index (χ1) is 15.5. The highest BCUT2D eigenvalue weighted by atomic mass is 17.0. The molecule has 0 heterocycles. The van der Waals surface area contributed by atoms with Gasteiger partial charge in [-0.1, -0.05) is 75.7 Å². The average molecular weight is 458 g/mol. The lowest BCUT2D eigenvalue weighted by Crippen LogP contribution is -2.37. The third-order valence-electron chi connectivity index (χ3n) is 5.48. The molecular formula is C26H51NO5. The fourth-order valence-electron chi connectivity index (χ4n) is 3.38. The largest absolute Gasteiger partial charge is 0.396 e. The van der Waals surface area contributed by atoms with Crippen molar-refractivity contribution < 1.29 is 24.7 Å². The highest BCUT2D eigenvalue weighted by molar-refractivity contribution is 5.73. The van der Waals surface area contributed by atoms with E-state index in [1.165, 1.54) is 57.8 Å². The van der Waals surface area contributed by atoms with Crippen LogP contribution >= 0.6 is 0 Å². The van der Waals surface area contributed by atoms with Crippen LogP contribution in [0.15, 0.2) is 12.2 Å². The molecule has 2 N–H and O–H groups in total. The van der Waals surface area contributed by atoms with E-state index in [2.05, 4.69) is 19.1 Å². The molecule has 0 rings (SSSR count). The molecule has 2 unspecified atom stereocenters. The number of nitrogens with zero attached hydrogens (tertiary/aromatic N) is 1. The summed E-state index contributed by atoms with van der Waals surface area (Å²) in [6.45, 7) is 5.82. The minimum atomic E-state index is -0.320. The number of allylic oxidation sites excluding steroid dienone is 2. The molecule has 1 amide bonds. The third-order valence-corrected chi connectivity index (χ3v) is 5.48. The summed E-state index contributed by atoms with van der Waals surface area (Å²) in [6, 6.07) is 0. The van der Waals surface area contributed by atoms with E-state index < -0.39 is 0 Å². The second-order valence-electron chi connectivity index (χ2n) is 8.84. The molecular weight excluding hydrogens is 406 g/mol. The smallest absolute Gasteiger partial charge is 0.273 e. The summed E-state index contributed by atoms with van der Waals surface area (Å²) in [7, 11) is 0. The summed E-state index contributed by atoms with van der Waals surface area (Å²) < 4.78 is 0. The van der Waals surface area contributed by atoms with Crippen molar-refractivity contribution in [2.45, 2.75) is 136 Å². The number of carbonyl (C=O) groups excluding carboxylic acids is 1. The van der Waals surface area contributed by atoms with Crippen molar-refractivity contribution in [3.05, 3.63) is 12.2 Å². The zero-order chi connectivity index (χ0) is 23.9. The third kappa shape index (κ3) is 19.7. The van der Waals surface area contributed by atoms with Crippen LogP contribution in [0.4, 0.5) is 0 Å². The fourth-order valence-corrected chi connectivity index (χ4v) is 3.38. The topological polar surface area (TPSA) is 79.2 Å². The predicted molar refractivity (Wildman–Crippen MR) is 131 cm³/mol. The van der Waals surface area contributed by atoms with Crippen LogP contribution in [0.3, 0.4) is 0 Å². The second-order valence-corrected chi connectivity index (χ2v) is 8.84. The van der Waals surface area contributed by atoms with Gasteiger partial charge >= 0.3 is 0 Å². The molecule has 0 spiro atoms. The Balaban J connectivity index is 3.86. The summed E-state index contributed by atoms with van der Waals surface area (Å²) >= 11 is 0. The van der Waals surface area contributed by atoms with Crippen molar-refractivity contribution in [1.29, 1.82) is 0 Å². The van der Waals surface area contributed by atoms with Crippen LogP contribution in [0.5, 0.6) is 0 Å². The maximum absolute atomic E-state index is 12.5. The lowest BCUT2D eigenvalue weighted by Gasteiger charge is -2.26. The minimum Gasteiger partial charge on any atom is -0.396 e. The van der Waals surface area contributed by atoms with E-state index >= 15 is 0 Å². The molecule has 0 aliphatic heterocycles. The summed E-state index contributed by atoms with van der Waals surface area (Å²) in [5, 5.41) is 19.1. The number of hydrogen-bond acceptors (Lipinski definition) is 5. The molecule has 2 atom stereocenters. The molecule has 0 aliphatic carbocycles. The number of aliphatic hydroxyl groups is 2. The first-order valence-corrected chi connectivity index (χ1v) is 13.1. The van der Waals surface area contributed by atoms with E-state index in [1.54, 1.807) is 13.8 Å². The Labute approximate surface area is 197 Å². The molecule has 0 aromatic heterocycles. The lowest BCUT2D eigenvalue weighted by atomic mass is 10.1. The molecule has 190 valence electrons. The number of aliphatic hydroxyl groups excluding tert-OH is 2. The van der Waals surface area contributed by atoms with Crippen LogP contribution in [0.1, 0.15) is 124 Å². The minimum absolute atomic E-state index is 0.0103. The predicted octanol–water partition coefficient (Wildman–Crippen LogP) is 6.26. The van der Waals surface area contributed by atoms with Gasteiger partial charge in [0.15, 0.2) is 0 Å². The van der Waals surface area contributed by atoms with E-state index in [0.29, 0.717) is 19.3 Å². The molecule has 0 radical (unpaired) electrons. The van der Waals surface area contributed by atoms with Gasteiger partial charge in [0.25, 0.3) is 5.91 Å². The van der Waals surface area contributed by atoms with Gasteiger partial charge in [-0.15, -0.1) is 0 Å². The van der Waals surface area contributed by atoms with Crippen molar-refractivity contribution in [3.63, 3.8) is 0 Å². The number of amides is 1. The van der Waals surface area contributed by atoms with Crippen LogP contribution in [0.2, 0.25) is 0 Å². The highest BCUT2D eigenvalue weighted by Gasteiger charge is 2.21. The van der Waals surface area contributed by atoms with Crippen molar-refractivity contribution >= 4 is 5.91 Å². The van der Waals surface area contributed by atoms with E-state index in [0.717, 1.165) is 30.9 Å². The van der Waals surface area contributed by atoms with E-state index in [4.69, 9.17) is 19.9 Å². The Hall–Kier alpha value is -0.950. The maximum Gasteiger partial charge on any atom is 0.273 e. The van der Waals surface area contributed by atoms with Gasteiger partial charge in [0.2, 0.25) is 0 Å². The molecule has 6 heteroatoms. The Morgan fingerprint density at radius 1 is 0.750 bits per heavy atom. The monoisotopic (exact) mass is 457 g/mol. The molecule has 0 aromatic carbocycles. The van der Waals surface area contributed by atoms with Gasteiger partial charge in [-0.2, -0.15) is 0 Å². The lowest BCUT2D eigenvalue weighted by molar-refractivity contribution is -0.372. The molecule has 32 heavy (non-hydrogen) atoms. The maximum atomic E-state index is 12.5. The Kier molecular flexibility index (Phi) is 22.5. The number of rotatable bonds is 23. The SMILES string of the molecule is CCCCCCCCC=CCCCCCCCC(=O)N(OC(C)CCO)OC(C)CCO. The van der Waals surface area contributed by atoms with E-state index in [1.807, 2.05) is 0 Å². The number of carbonyl (C=O) groups is 1. The average Bonchev–Trinajstić information content (AvgIpc) is 2.76. The van der Waals surface area contributed by atoms with Crippen LogP contribution < -0.4 is 0 Å². The van der Waals surface area contributed by atoms with Gasteiger partial charge in [0, 0.05) is 19.6 Å². The van der Waals surface area contributed by atoms with E-state index in [-0.39, 0.29) is 31.3 Å². The summed E-state index contributed by atoms with van der Waals surface area (Å²) in [4.78, 5) is 23.6.